The van der Waals surface area contributed by atoms with E-state index in [0.29, 0.717) is 18.2 Å². The van der Waals surface area contributed by atoms with E-state index in [-0.39, 0.29) is 18.2 Å². The smallest absolute Gasteiger partial charge is 0.232 e. The van der Waals surface area contributed by atoms with Gasteiger partial charge in [-0.1, -0.05) is 12.1 Å². The number of pyridine rings is 1. The summed E-state index contributed by atoms with van der Waals surface area (Å²) < 4.78 is 1.94. The van der Waals surface area contributed by atoms with Gasteiger partial charge >= 0.3 is 0 Å². The molecule has 120 valence electrons. The van der Waals surface area contributed by atoms with Crippen LogP contribution in [0.15, 0.2) is 48.8 Å². The Morgan fingerprint density at radius 3 is 3.00 bits per heavy atom. The summed E-state index contributed by atoms with van der Waals surface area (Å²) in [7, 11) is 0. The number of carbonyl (C=O) groups excluding carboxylic acids is 2. The van der Waals surface area contributed by atoms with Gasteiger partial charge in [0.15, 0.2) is 0 Å². The van der Waals surface area contributed by atoms with E-state index in [1.54, 1.807) is 24.5 Å². The predicted molar refractivity (Wildman–Crippen MR) is 89.3 cm³/mol. The van der Waals surface area contributed by atoms with E-state index in [1.807, 2.05) is 28.8 Å². The standard InChI is InChI=1S/C17H15N5O2/c23-15(19-12-4-3-7-18-9-12)8-11-10-22-14-6-2-1-5-13(14)20-17(22)21-16(11)24/h1-7,9,11H,8,10H2,(H,19,23)(H,20,21,24). The van der Waals surface area contributed by atoms with Crippen LogP contribution in [0, 0.1) is 5.92 Å². The first kappa shape index (κ1) is 14.4. The number of nitrogens with zero attached hydrogens (tertiary/aromatic N) is 3. The number of aromatic nitrogens is 3. The molecule has 1 aromatic carbocycles. The molecule has 1 aliphatic heterocycles. The number of benzene rings is 1. The van der Waals surface area contributed by atoms with Crippen LogP contribution in [0.3, 0.4) is 0 Å². The molecule has 1 unspecified atom stereocenters. The van der Waals surface area contributed by atoms with Crippen molar-refractivity contribution in [2.24, 2.45) is 5.92 Å². The number of para-hydroxylation sites is 2. The zero-order chi connectivity index (χ0) is 16.5. The summed E-state index contributed by atoms with van der Waals surface area (Å²) >= 11 is 0. The van der Waals surface area contributed by atoms with Crippen LogP contribution >= 0.6 is 0 Å². The summed E-state index contributed by atoms with van der Waals surface area (Å²) in [5.41, 5.74) is 2.39. The number of carbonyl (C=O) groups is 2. The summed E-state index contributed by atoms with van der Waals surface area (Å²) in [5.74, 6) is -0.299. The largest absolute Gasteiger partial charge is 0.325 e. The molecule has 3 heterocycles. The monoisotopic (exact) mass is 321 g/mol. The third-order valence-electron chi connectivity index (χ3n) is 4.04. The zero-order valence-corrected chi connectivity index (χ0v) is 12.8. The minimum absolute atomic E-state index is 0.104. The molecule has 2 aromatic heterocycles. The summed E-state index contributed by atoms with van der Waals surface area (Å²) in [6.45, 7) is 0.433. The lowest BCUT2D eigenvalue weighted by Crippen LogP contribution is -2.35. The minimum Gasteiger partial charge on any atom is -0.325 e. The molecule has 2 amide bonds. The van der Waals surface area contributed by atoms with E-state index in [0.717, 1.165) is 11.0 Å². The molecule has 0 saturated heterocycles. The van der Waals surface area contributed by atoms with Gasteiger partial charge in [-0.15, -0.1) is 0 Å². The highest BCUT2D eigenvalue weighted by molar-refractivity contribution is 5.99. The van der Waals surface area contributed by atoms with Gasteiger partial charge in [0, 0.05) is 19.2 Å². The van der Waals surface area contributed by atoms with Crippen molar-refractivity contribution in [3.05, 3.63) is 48.8 Å². The summed E-state index contributed by atoms with van der Waals surface area (Å²) in [6.07, 6.45) is 3.31. The molecule has 1 aliphatic rings. The Bertz CT molecular complexity index is 919. The normalized spacial score (nSPS) is 16.5. The highest BCUT2D eigenvalue weighted by atomic mass is 16.2. The molecule has 3 aromatic rings. The van der Waals surface area contributed by atoms with Crippen molar-refractivity contribution in [2.75, 3.05) is 10.6 Å². The first-order valence-corrected chi connectivity index (χ1v) is 7.67. The molecule has 7 heteroatoms. The lowest BCUT2D eigenvalue weighted by molar-refractivity contribution is -0.125. The second-order valence-electron chi connectivity index (χ2n) is 5.71. The summed E-state index contributed by atoms with van der Waals surface area (Å²) in [5, 5.41) is 5.55. The molecular formula is C17H15N5O2. The van der Waals surface area contributed by atoms with Gasteiger partial charge in [-0.05, 0) is 24.3 Å². The van der Waals surface area contributed by atoms with Crippen molar-refractivity contribution in [2.45, 2.75) is 13.0 Å². The summed E-state index contributed by atoms with van der Waals surface area (Å²) in [6, 6.07) is 11.2. The number of anilines is 2. The first-order chi connectivity index (χ1) is 11.7. The van der Waals surface area contributed by atoms with E-state index in [1.165, 1.54) is 0 Å². The molecule has 4 rings (SSSR count). The number of imidazole rings is 1. The quantitative estimate of drug-likeness (QED) is 0.772. The van der Waals surface area contributed by atoms with Crippen molar-refractivity contribution in [1.82, 2.24) is 14.5 Å². The maximum absolute atomic E-state index is 12.3. The molecule has 0 aliphatic carbocycles. The van der Waals surface area contributed by atoms with Gasteiger partial charge in [0.05, 0.1) is 28.8 Å². The fraction of sp³-hybridized carbons (Fsp3) is 0.176. The third-order valence-corrected chi connectivity index (χ3v) is 4.04. The Hall–Kier alpha value is -3.22. The Morgan fingerprint density at radius 1 is 1.29 bits per heavy atom. The molecule has 0 fully saturated rings. The molecule has 24 heavy (non-hydrogen) atoms. The molecule has 0 spiro atoms. The zero-order valence-electron chi connectivity index (χ0n) is 12.8. The van der Waals surface area contributed by atoms with Crippen LogP contribution in [0.1, 0.15) is 6.42 Å². The van der Waals surface area contributed by atoms with E-state index in [9.17, 15) is 9.59 Å². The number of amides is 2. The van der Waals surface area contributed by atoms with E-state index >= 15 is 0 Å². The topological polar surface area (TPSA) is 88.9 Å². The third kappa shape index (κ3) is 2.60. The van der Waals surface area contributed by atoms with Crippen LogP contribution < -0.4 is 10.6 Å². The average molecular weight is 321 g/mol. The second kappa shape index (κ2) is 5.77. The van der Waals surface area contributed by atoms with Crippen LogP contribution in [0.25, 0.3) is 11.0 Å². The maximum atomic E-state index is 12.3. The highest BCUT2D eigenvalue weighted by Crippen LogP contribution is 2.26. The van der Waals surface area contributed by atoms with Gasteiger partial charge in [0.25, 0.3) is 0 Å². The van der Waals surface area contributed by atoms with Gasteiger partial charge in [-0.3, -0.25) is 19.9 Å². The first-order valence-electron chi connectivity index (χ1n) is 7.67. The van der Waals surface area contributed by atoms with Gasteiger partial charge in [-0.2, -0.15) is 0 Å². The Morgan fingerprint density at radius 2 is 2.17 bits per heavy atom. The Kier molecular flexibility index (Phi) is 3.45. The fourth-order valence-electron chi connectivity index (χ4n) is 2.90. The number of nitrogens with one attached hydrogen (secondary N) is 2. The van der Waals surface area contributed by atoms with Crippen molar-refractivity contribution < 1.29 is 9.59 Å². The van der Waals surface area contributed by atoms with Gasteiger partial charge in [-0.25, -0.2) is 4.98 Å². The fourth-order valence-corrected chi connectivity index (χ4v) is 2.90. The lowest BCUT2D eigenvalue weighted by atomic mass is 10.0. The molecule has 7 nitrogen and oxygen atoms in total. The summed E-state index contributed by atoms with van der Waals surface area (Å²) in [4.78, 5) is 32.8. The van der Waals surface area contributed by atoms with Crippen molar-refractivity contribution in [1.29, 1.82) is 0 Å². The van der Waals surface area contributed by atoms with Crippen molar-refractivity contribution in [3.8, 4) is 0 Å². The van der Waals surface area contributed by atoms with E-state index in [2.05, 4.69) is 20.6 Å². The highest BCUT2D eigenvalue weighted by Gasteiger charge is 2.30. The van der Waals surface area contributed by atoms with Crippen LogP contribution in [0.5, 0.6) is 0 Å². The molecule has 0 bridgehead atoms. The van der Waals surface area contributed by atoms with Crippen LogP contribution in [0.2, 0.25) is 0 Å². The van der Waals surface area contributed by atoms with Gasteiger partial charge in [0.1, 0.15) is 0 Å². The minimum atomic E-state index is -0.438. The average Bonchev–Trinajstić information content (AvgIpc) is 2.93. The van der Waals surface area contributed by atoms with Crippen LogP contribution in [0.4, 0.5) is 11.6 Å². The number of hydrogen-bond acceptors (Lipinski definition) is 4. The SMILES string of the molecule is O=C(CC1Cn2c(nc3ccccc32)NC1=O)Nc1cccnc1. The molecular weight excluding hydrogens is 306 g/mol. The Balaban J connectivity index is 1.52. The van der Waals surface area contributed by atoms with E-state index < -0.39 is 5.92 Å². The van der Waals surface area contributed by atoms with Crippen molar-refractivity contribution >= 4 is 34.5 Å². The number of hydrogen-bond donors (Lipinski definition) is 2. The molecule has 1 atom stereocenters. The predicted octanol–water partition coefficient (Wildman–Crippen LogP) is 2.03. The van der Waals surface area contributed by atoms with Crippen molar-refractivity contribution in [3.63, 3.8) is 0 Å². The number of fused-ring (bicyclic) bond motifs is 3. The number of rotatable bonds is 3. The molecule has 0 saturated carbocycles. The lowest BCUT2D eigenvalue weighted by Gasteiger charge is -2.23. The van der Waals surface area contributed by atoms with Gasteiger partial charge in [0.2, 0.25) is 17.8 Å². The maximum Gasteiger partial charge on any atom is 0.232 e. The second-order valence-corrected chi connectivity index (χ2v) is 5.71. The van der Waals surface area contributed by atoms with Gasteiger partial charge < -0.3 is 9.88 Å². The van der Waals surface area contributed by atoms with E-state index in [4.69, 9.17) is 0 Å². The Labute approximate surface area is 137 Å². The molecule has 2 N–H and O–H groups in total. The van der Waals surface area contributed by atoms with Crippen LogP contribution in [-0.2, 0) is 16.1 Å². The van der Waals surface area contributed by atoms with Crippen LogP contribution in [-0.4, -0.2) is 26.3 Å². The molecule has 0 radical (unpaired) electrons.